The first-order valence-corrected chi connectivity index (χ1v) is 9.94. The normalized spacial score (nSPS) is 10.5. The van der Waals surface area contributed by atoms with Crippen molar-refractivity contribution in [3.05, 3.63) is 101 Å². The van der Waals surface area contributed by atoms with Crippen LogP contribution in [0.25, 0.3) is 10.9 Å². The number of nitrogens with one attached hydrogen (secondary N) is 1. The average molecular weight is 407 g/mol. The highest BCUT2D eigenvalue weighted by molar-refractivity contribution is 6.07. The van der Waals surface area contributed by atoms with Crippen LogP contribution >= 0.6 is 0 Å². The Bertz CT molecular complexity index is 1320. The van der Waals surface area contributed by atoms with E-state index in [0.717, 1.165) is 27.7 Å². The van der Waals surface area contributed by atoms with Crippen molar-refractivity contribution in [2.24, 2.45) is 0 Å². The molecule has 4 rings (SSSR count). The number of anilines is 1. The van der Waals surface area contributed by atoms with Crippen LogP contribution in [0.3, 0.4) is 0 Å². The number of ether oxygens (including phenoxy) is 1. The predicted octanol–water partition coefficient (Wildman–Crippen LogP) is 5.55. The number of pyridine rings is 1. The number of amides is 1. The number of nitriles is 1. The first-order valence-electron chi connectivity index (χ1n) is 9.94. The minimum absolute atomic E-state index is 0.194. The molecule has 0 saturated carbocycles. The Labute approximate surface area is 180 Å². The second kappa shape index (κ2) is 8.68. The van der Waals surface area contributed by atoms with Crippen molar-refractivity contribution in [3.63, 3.8) is 0 Å². The Morgan fingerprint density at radius 3 is 2.68 bits per heavy atom. The first-order chi connectivity index (χ1) is 15.0. The van der Waals surface area contributed by atoms with Crippen molar-refractivity contribution in [1.29, 1.82) is 5.26 Å². The fourth-order valence-corrected chi connectivity index (χ4v) is 3.40. The summed E-state index contributed by atoms with van der Waals surface area (Å²) < 4.78 is 5.85. The third kappa shape index (κ3) is 4.54. The van der Waals surface area contributed by atoms with E-state index in [1.165, 1.54) is 0 Å². The zero-order chi connectivity index (χ0) is 21.8. The Balaban J connectivity index is 1.47. The van der Waals surface area contributed by atoms with E-state index in [2.05, 4.69) is 16.4 Å². The number of nitrogens with zero attached hydrogens (tertiary/aromatic N) is 2. The quantitative estimate of drug-likeness (QED) is 0.470. The number of benzene rings is 3. The summed E-state index contributed by atoms with van der Waals surface area (Å²) in [7, 11) is 0. The molecule has 5 nitrogen and oxygen atoms in total. The van der Waals surface area contributed by atoms with Crippen LogP contribution < -0.4 is 10.1 Å². The van der Waals surface area contributed by atoms with Gasteiger partial charge in [0.05, 0.1) is 28.4 Å². The number of hydrogen-bond acceptors (Lipinski definition) is 4. The van der Waals surface area contributed by atoms with Crippen LogP contribution in [0, 0.1) is 25.2 Å². The van der Waals surface area contributed by atoms with E-state index in [4.69, 9.17) is 10.00 Å². The number of hydrogen-bond donors (Lipinski definition) is 1. The lowest BCUT2D eigenvalue weighted by Gasteiger charge is -2.13. The van der Waals surface area contributed by atoms with Gasteiger partial charge in [-0.2, -0.15) is 5.26 Å². The first kappa shape index (κ1) is 20.1. The molecule has 0 unspecified atom stereocenters. The monoisotopic (exact) mass is 407 g/mol. The van der Waals surface area contributed by atoms with E-state index in [9.17, 15) is 4.79 Å². The van der Waals surface area contributed by atoms with Gasteiger partial charge in [-0.3, -0.25) is 9.78 Å². The number of aryl methyl sites for hydroxylation is 2. The van der Waals surface area contributed by atoms with Gasteiger partial charge in [-0.25, -0.2) is 0 Å². The number of carbonyl (C=O) groups excluding carboxylic acids is 1. The molecule has 3 aromatic carbocycles. The van der Waals surface area contributed by atoms with E-state index in [1.54, 1.807) is 12.1 Å². The van der Waals surface area contributed by atoms with Gasteiger partial charge in [0, 0.05) is 11.1 Å². The summed E-state index contributed by atoms with van der Waals surface area (Å²) in [4.78, 5) is 17.4. The molecule has 1 N–H and O–H groups in total. The van der Waals surface area contributed by atoms with Crippen LogP contribution in [-0.4, -0.2) is 10.9 Å². The fraction of sp³-hybridized carbons (Fsp3) is 0.115. The van der Waals surface area contributed by atoms with Gasteiger partial charge in [-0.05, 0) is 67.4 Å². The fourth-order valence-electron chi connectivity index (χ4n) is 3.40. The molecule has 1 heterocycles. The van der Waals surface area contributed by atoms with Crippen molar-refractivity contribution < 1.29 is 9.53 Å². The van der Waals surface area contributed by atoms with Crippen molar-refractivity contribution >= 4 is 22.5 Å². The standard InChI is InChI=1S/C26H21N3O2/c1-17-12-22(31-16-20-7-5-6-19(13-20)15-27)10-11-24(17)29-26(30)23-14-21-8-3-4-9-25(21)28-18(23)2/h3-14H,16H2,1-2H3,(H,29,30). The summed E-state index contributed by atoms with van der Waals surface area (Å²) in [5, 5.41) is 12.9. The predicted molar refractivity (Wildman–Crippen MR) is 121 cm³/mol. The van der Waals surface area contributed by atoms with Gasteiger partial charge >= 0.3 is 0 Å². The molecule has 0 aliphatic rings. The lowest BCUT2D eigenvalue weighted by molar-refractivity contribution is 0.102. The van der Waals surface area contributed by atoms with Gasteiger partial charge in [0.2, 0.25) is 0 Å². The highest BCUT2D eigenvalue weighted by atomic mass is 16.5. The molecule has 1 amide bonds. The highest BCUT2D eigenvalue weighted by Gasteiger charge is 2.13. The van der Waals surface area contributed by atoms with Gasteiger partial charge in [0.25, 0.3) is 5.91 Å². The van der Waals surface area contributed by atoms with Gasteiger partial charge in [0.15, 0.2) is 0 Å². The molecule has 1 aromatic heterocycles. The molecular formula is C26H21N3O2. The molecule has 0 spiro atoms. The molecule has 0 aliphatic heterocycles. The minimum atomic E-state index is -0.194. The summed E-state index contributed by atoms with van der Waals surface area (Å²) in [5.41, 5.74) is 5.25. The molecule has 4 aromatic rings. The minimum Gasteiger partial charge on any atom is -0.489 e. The molecule has 5 heteroatoms. The molecule has 152 valence electrons. The van der Waals surface area contributed by atoms with Crippen LogP contribution in [0.2, 0.25) is 0 Å². The summed E-state index contributed by atoms with van der Waals surface area (Å²) in [6, 6.07) is 24.6. The number of aromatic nitrogens is 1. The van der Waals surface area contributed by atoms with Gasteiger partial charge < -0.3 is 10.1 Å². The summed E-state index contributed by atoms with van der Waals surface area (Å²) in [6.07, 6.45) is 0. The second-order valence-corrected chi connectivity index (χ2v) is 7.35. The van der Waals surface area contributed by atoms with E-state index in [0.29, 0.717) is 29.2 Å². The maximum absolute atomic E-state index is 12.9. The van der Waals surface area contributed by atoms with Crippen molar-refractivity contribution in [2.75, 3.05) is 5.32 Å². The number of para-hydroxylation sites is 1. The van der Waals surface area contributed by atoms with Gasteiger partial charge in [-0.15, -0.1) is 0 Å². The zero-order valence-corrected chi connectivity index (χ0v) is 17.3. The molecule has 0 radical (unpaired) electrons. The molecule has 0 atom stereocenters. The summed E-state index contributed by atoms with van der Waals surface area (Å²) >= 11 is 0. The summed E-state index contributed by atoms with van der Waals surface area (Å²) in [5.74, 6) is 0.502. The highest BCUT2D eigenvalue weighted by Crippen LogP contribution is 2.24. The smallest absolute Gasteiger partial charge is 0.257 e. The molecule has 0 fully saturated rings. The maximum Gasteiger partial charge on any atom is 0.257 e. The number of fused-ring (bicyclic) bond motifs is 1. The largest absolute Gasteiger partial charge is 0.489 e. The third-order valence-electron chi connectivity index (χ3n) is 5.07. The van der Waals surface area contributed by atoms with Crippen LogP contribution in [0.5, 0.6) is 5.75 Å². The zero-order valence-electron chi connectivity index (χ0n) is 17.3. The lowest BCUT2D eigenvalue weighted by atomic mass is 10.1. The van der Waals surface area contributed by atoms with E-state index >= 15 is 0 Å². The van der Waals surface area contributed by atoms with Crippen molar-refractivity contribution in [1.82, 2.24) is 4.98 Å². The Hall–Kier alpha value is -4.17. The summed E-state index contributed by atoms with van der Waals surface area (Å²) in [6.45, 7) is 4.12. The van der Waals surface area contributed by atoms with Crippen LogP contribution in [0.1, 0.15) is 32.7 Å². The Morgan fingerprint density at radius 1 is 1.03 bits per heavy atom. The maximum atomic E-state index is 12.9. The van der Waals surface area contributed by atoms with Crippen LogP contribution in [-0.2, 0) is 6.61 Å². The topological polar surface area (TPSA) is 75.0 Å². The number of carbonyl (C=O) groups is 1. The number of rotatable bonds is 5. The van der Waals surface area contributed by atoms with E-state index in [1.807, 2.05) is 74.5 Å². The second-order valence-electron chi connectivity index (χ2n) is 7.35. The SMILES string of the molecule is Cc1cc(OCc2cccc(C#N)c2)ccc1NC(=O)c1cc2ccccc2nc1C. The van der Waals surface area contributed by atoms with Gasteiger partial charge in [0.1, 0.15) is 12.4 Å². The third-order valence-corrected chi connectivity index (χ3v) is 5.07. The molecule has 31 heavy (non-hydrogen) atoms. The lowest BCUT2D eigenvalue weighted by Crippen LogP contribution is -2.15. The van der Waals surface area contributed by atoms with E-state index in [-0.39, 0.29) is 5.91 Å². The molecule has 0 bridgehead atoms. The molecular weight excluding hydrogens is 386 g/mol. The Morgan fingerprint density at radius 2 is 1.87 bits per heavy atom. The molecule has 0 aliphatic carbocycles. The average Bonchev–Trinajstić information content (AvgIpc) is 2.79. The van der Waals surface area contributed by atoms with Crippen molar-refractivity contribution in [2.45, 2.75) is 20.5 Å². The van der Waals surface area contributed by atoms with Crippen molar-refractivity contribution in [3.8, 4) is 11.8 Å². The Kier molecular flexibility index (Phi) is 5.63. The van der Waals surface area contributed by atoms with Crippen LogP contribution in [0.15, 0.2) is 72.8 Å². The molecule has 0 saturated heterocycles. The van der Waals surface area contributed by atoms with Gasteiger partial charge in [-0.1, -0.05) is 30.3 Å². The van der Waals surface area contributed by atoms with Crippen LogP contribution in [0.4, 0.5) is 5.69 Å². The van der Waals surface area contributed by atoms with E-state index < -0.39 is 0 Å².